The van der Waals surface area contributed by atoms with Crippen LogP contribution >= 0.6 is 23.2 Å². The van der Waals surface area contributed by atoms with E-state index < -0.39 is 22.6 Å². The zero-order valence-corrected chi connectivity index (χ0v) is 23.8. The monoisotopic (exact) mass is 551 g/mol. The highest BCUT2D eigenvalue weighted by atomic mass is 35.5. The third kappa shape index (κ3) is 6.39. The van der Waals surface area contributed by atoms with Crippen LogP contribution in [0.5, 0.6) is 0 Å². The molecule has 196 valence electrons. The van der Waals surface area contributed by atoms with Gasteiger partial charge in [0.25, 0.3) is 0 Å². The molecule has 8 heteroatoms. The van der Waals surface area contributed by atoms with Gasteiger partial charge in [-0.25, -0.2) is 0 Å². The lowest BCUT2D eigenvalue weighted by Crippen LogP contribution is -2.57. The Balaban J connectivity index is 2.22. The molecule has 5 nitrogen and oxygen atoms in total. The van der Waals surface area contributed by atoms with E-state index in [0.717, 1.165) is 11.1 Å². The van der Waals surface area contributed by atoms with Crippen LogP contribution in [0.1, 0.15) is 70.0 Å². The molecule has 0 saturated carbocycles. The molecule has 1 unspecified atom stereocenters. The third-order valence-electron chi connectivity index (χ3n) is 7.10. The Morgan fingerprint density at radius 2 is 1.83 bits per heavy atom. The van der Waals surface area contributed by atoms with Crippen molar-refractivity contribution in [2.24, 2.45) is 5.41 Å². The maximum absolute atomic E-state index is 14.3. The molecule has 0 N–H and O–H groups in total. The van der Waals surface area contributed by atoms with Crippen LogP contribution in [0.25, 0.3) is 0 Å². The quantitative estimate of drug-likeness (QED) is 0.261. The standard InChI is InChI=1S/C28H35Cl2NO4S/c1-6-23(17-36(34)18(2)3)31-26(19-10-12-21(29)13-11-19)24(20-8-7-9-22(30)14-20)15-28(4,27(31)33)16-25(32)35-5/h7-14,18,23-24,26H,6,15-17H2,1-5H3/t23-,24+,26+,28-,36?/m0/s1. The minimum absolute atomic E-state index is 0.0295. The Labute approximate surface area is 227 Å². The maximum Gasteiger partial charge on any atom is 0.306 e. The molecular weight excluding hydrogens is 517 g/mol. The second-order valence-electron chi connectivity index (χ2n) is 10.0. The number of methoxy groups -OCH3 is 1. The van der Waals surface area contributed by atoms with Crippen LogP contribution in [0.2, 0.25) is 10.0 Å². The normalized spacial score (nSPS) is 24.0. The fourth-order valence-electron chi connectivity index (χ4n) is 5.11. The van der Waals surface area contributed by atoms with Gasteiger partial charge in [0, 0.05) is 16.0 Å². The Morgan fingerprint density at radius 1 is 1.17 bits per heavy atom. The van der Waals surface area contributed by atoms with Crippen LogP contribution < -0.4 is 0 Å². The molecule has 1 fully saturated rings. The third-order valence-corrected chi connectivity index (χ3v) is 9.35. The first-order valence-electron chi connectivity index (χ1n) is 12.3. The number of carbonyl (C=O) groups is 2. The van der Waals surface area contributed by atoms with Gasteiger partial charge in [-0.3, -0.25) is 9.59 Å². The number of likely N-dealkylation sites (tertiary alicyclic amines) is 1. The van der Waals surface area contributed by atoms with Crippen molar-refractivity contribution in [2.45, 2.75) is 70.2 Å². The summed E-state index contributed by atoms with van der Waals surface area (Å²) in [6.07, 6.45) is 1.03. The maximum atomic E-state index is 14.3. The van der Waals surface area contributed by atoms with E-state index in [2.05, 4.69) is 0 Å². The van der Waals surface area contributed by atoms with E-state index in [0.29, 0.717) is 28.6 Å². The van der Waals surface area contributed by atoms with E-state index >= 15 is 0 Å². The lowest BCUT2D eigenvalue weighted by molar-refractivity contribution is -0.161. The summed E-state index contributed by atoms with van der Waals surface area (Å²) in [7, 11) is 1.34. The summed E-state index contributed by atoms with van der Waals surface area (Å²) in [5.74, 6) is -0.350. The summed E-state index contributed by atoms with van der Waals surface area (Å²) in [5.41, 5.74) is 0.929. The van der Waals surface area contributed by atoms with E-state index in [4.69, 9.17) is 27.9 Å². The first-order valence-corrected chi connectivity index (χ1v) is 14.4. The summed E-state index contributed by atoms with van der Waals surface area (Å²) in [4.78, 5) is 28.7. The van der Waals surface area contributed by atoms with Gasteiger partial charge >= 0.3 is 5.97 Å². The highest BCUT2D eigenvalue weighted by Crippen LogP contribution is 2.52. The first-order chi connectivity index (χ1) is 17.0. The van der Waals surface area contributed by atoms with E-state index in [1.165, 1.54) is 7.11 Å². The molecule has 2 aromatic rings. The summed E-state index contributed by atoms with van der Waals surface area (Å²) in [6.45, 7) is 7.69. The summed E-state index contributed by atoms with van der Waals surface area (Å²) in [6, 6.07) is 14.6. The Bertz CT molecular complexity index is 1060. The molecule has 0 aliphatic carbocycles. The number of amides is 1. The Kier molecular flexibility index (Phi) is 9.78. The van der Waals surface area contributed by atoms with Crippen LogP contribution in [-0.4, -0.2) is 45.5 Å². The molecule has 1 aliphatic rings. The lowest BCUT2D eigenvalue weighted by atomic mass is 9.67. The van der Waals surface area contributed by atoms with Crippen LogP contribution in [0.3, 0.4) is 0 Å². The number of carbonyl (C=O) groups excluding carboxylic acids is 2. The van der Waals surface area contributed by atoms with E-state index in [9.17, 15) is 14.1 Å². The molecule has 1 aliphatic heterocycles. The number of esters is 1. The molecule has 0 radical (unpaired) electrons. The predicted octanol–water partition coefficient (Wildman–Crippen LogP) is 6.56. The van der Waals surface area contributed by atoms with Gasteiger partial charge in [0.1, 0.15) is 11.0 Å². The van der Waals surface area contributed by atoms with Crippen molar-refractivity contribution in [3.8, 4) is 0 Å². The average Bonchev–Trinajstić information content (AvgIpc) is 2.84. The van der Waals surface area contributed by atoms with Gasteiger partial charge < -0.3 is 14.2 Å². The molecule has 2 aromatic carbocycles. The number of rotatable bonds is 9. The molecule has 1 heterocycles. The van der Waals surface area contributed by atoms with E-state index in [-0.39, 0.29) is 35.6 Å². The topological polar surface area (TPSA) is 69.7 Å². The molecule has 0 aromatic heterocycles. The van der Waals surface area contributed by atoms with Crippen molar-refractivity contribution in [1.29, 1.82) is 0 Å². The van der Waals surface area contributed by atoms with Crippen molar-refractivity contribution in [1.82, 2.24) is 4.90 Å². The van der Waals surface area contributed by atoms with E-state index in [1.807, 2.05) is 81.1 Å². The predicted molar refractivity (Wildman–Crippen MR) is 147 cm³/mol. The average molecular weight is 553 g/mol. The smallest absolute Gasteiger partial charge is 0.306 e. The lowest BCUT2D eigenvalue weighted by Gasteiger charge is -2.51. The van der Waals surface area contributed by atoms with Gasteiger partial charge in [0.15, 0.2) is 0 Å². The van der Waals surface area contributed by atoms with Crippen LogP contribution in [0.4, 0.5) is 0 Å². The van der Waals surface area contributed by atoms with Gasteiger partial charge in [0.2, 0.25) is 5.91 Å². The molecule has 0 spiro atoms. The molecule has 1 saturated heterocycles. The zero-order chi connectivity index (χ0) is 26.6. The number of ether oxygens (including phenoxy) is 1. The van der Waals surface area contributed by atoms with Crippen LogP contribution in [-0.2, 0) is 25.5 Å². The minimum Gasteiger partial charge on any atom is -0.616 e. The molecule has 3 rings (SSSR count). The fourth-order valence-corrected chi connectivity index (χ4v) is 6.60. The second-order valence-corrected chi connectivity index (χ2v) is 13.0. The fraction of sp³-hybridized carbons (Fsp3) is 0.500. The largest absolute Gasteiger partial charge is 0.616 e. The van der Waals surface area contributed by atoms with Crippen molar-refractivity contribution in [2.75, 3.05) is 12.9 Å². The Morgan fingerprint density at radius 3 is 2.39 bits per heavy atom. The number of hydrogen-bond acceptors (Lipinski definition) is 4. The molecule has 36 heavy (non-hydrogen) atoms. The van der Waals surface area contributed by atoms with Gasteiger partial charge in [-0.1, -0.05) is 61.3 Å². The SMILES string of the molecule is CC[C@@H](C[S+]([O-])C(C)C)N1C(=O)[C@](C)(CC(=O)OC)C[C@H](c2cccc(Cl)c2)[C@H]1c1ccc(Cl)cc1. The number of hydrogen-bond donors (Lipinski definition) is 0. The van der Waals surface area contributed by atoms with Crippen molar-refractivity contribution in [3.63, 3.8) is 0 Å². The van der Waals surface area contributed by atoms with Crippen molar-refractivity contribution in [3.05, 3.63) is 69.7 Å². The summed E-state index contributed by atoms with van der Waals surface area (Å²) >= 11 is 11.5. The molecular formula is C28H35Cl2NO4S. The zero-order valence-electron chi connectivity index (χ0n) is 21.5. The highest BCUT2D eigenvalue weighted by Gasteiger charge is 2.53. The molecule has 0 bridgehead atoms. The highest BCUT2D eigenvalue weighted by molar-refractivity contribution is 7.92. The van der Waals surface area contributed by atoms with E-state index in [1.54, 1.807) is 0 Å². The van der Waals surface area contributed by atoms with Gasteiger partial charge in [-0.2, -0.15) is 0 Å². The van der Waals surface area contributed by atoms with Gasteiger partial charge in [0.05, 0.1) is 31.0 Å². The number of nitrogens with zero attached hydrogens (tertiary/aromatic N) is 1. The van der Waals surface area contributed by atoms with Gasteiger partial charge in [-0.05, 0) is 73.3 Å². The molecule has 1 amide bonds. The van der Waals surface area contributed by atoms with Crippen LogP contribution in [0, 0.1) is 5.41 Å². The minimum atomic E-state index is -1.12. The van der Waals surface area contributed by atoms with Crippen molar-refractivity contribution >= 4 is 46.3 Å². The first kappa shape index (κ1) is 28.8. The second kappa shape index (κ2) is 12.2. The van der Waals surface area contributed by atoms with Gasteiger partial charge in [-0.15, -0.1) is 0 Å². The number of piperidine rings is 1. The Hall–Kier alpha value is -1.73. The summed E-state index contributed by atoms with van der Waals surface area (Å²) in [5, 5.41) is 1.18. The summed E-state index contributed by atoms with van der Waals surface area (Å²) < 4.78 is 18.0. The molecule has 5 atom stereocenters. The number of benzene rings is 2. The number of halogens is 2. The van der Waals surface area contributed by atoms with Crippen LogP contribution in [0.15, 0.2) is 48.5 Å². The van der Waals surface area contributed by atoms with Crippen molar-refractivity contribution < 1.29 is 18.9 Å².